The van der Waals surface area contributed by atoms with E-state index < -0.39 is 0 Å². The van der Waals surface area contributed by atoms with Crippen LogP contribution in [0.15, 0.2) is 22.7 Å². The van der Waals surface area contributed by atoms with E-state index in [1.807, 2.05) is 12.1 Å². The zero-order valence-electron chi connectivity index (χ0n) is 8.90. The number of phenols is 1. The van der Waals surface area contributed by atoms with E-state index in [1.165, 1.54) is 0 Å². The van der Waals surface area contributed by atoms with Crippen LogP contribution in [0, 0.1) is 5.92 Å². The van der Waals surface area contributed by atoms with Crippen molar-refractivity contribution in [3.63, 3.8) is 0 Å². The van der Waals surface area contributed by atoms with Crippen molar-refractivity contribution in [3.05, 3.63) is 28.2 Å². The van der Waals surface area contributed by atoms with Gasteiger partial charge in [-0.15, -0.1) is 12.4 Å². The zero-order chi connectivity index (χ0) is 10.7. The van der Waals surface area contributed by atoms with Crippen LogP contribution in [0.2, 0.25) is 0 Å². The lowest BCUT2D eigenvalue weighted by molar-refractivity contribution is 0.452. The van der Waals surface area contributed by atoms with Gasteiger partial charge >= 0.3 is 0 Å². The predicted molar refractivity (Wildman–Crippen MR) is 69.4 cm³/mol. The first-order chi connectivity index (χ1) is 6.56. The van der Waals surface area contributed by atoms with Gasteiger partial charge in [-0.2, -0.15) is 0 Å². The molecule has 2 nitrogen and oxygen atoms in total. The topological polar surface area (TPSA) is 46.2 Å². The third-order valence-corrected chi connectivity index (χ3v) is 3.25. The molecule has 1 unspecified atom stereocenters. The second-order valence-electron chi connectivity index (χ2n) is 3.62. The first-order valence-electron chi connectivity index (χ1n) is 4.80. The van der Waals surface area contributed by atoms with Crippen molar-refractivity contribution < 1.29 is 5.11 Å². The Balaban J connectivity index is 0.00000196. The summed E-state index contributed by atoms with van der Waals surface area (Å²) in [5, 5.41) is 9.33. The number of rotatable bonds is 3. The summed E-state index contributed by atoms with van der Waals surface area (Å²) < 4.78 is 0.703. The van der Waals surface area contributed by atoms with Crippen LogP contribution in [-0.4, -0.2) is 5.11 Å². The minimum atomic E-state index is 0. The van der Waals surface area contributed by atoms with E-state index in [1.54, 1.807) is 6.07 Å². The van der Waals surface area contributed by atoms with E-state index in [0.29, 0.717) is 10.4 Å². The Morgan fingerprint density at radius 3 is 2.53 bits per heavy atom. The van der Waals surface area contributed by atoms with Crippen molar-refractivity contribution in [2.24, 2.45) is 11.7 Å². The largest absolute Gasteiger partial charge is 0.507 e. The lowest BCUT2D eigenvalue weighted by Crippen LogP contribution is -2.18. The molecule has 1 rings (SSSR count). The Bertz CT molecular complexity index is 319. The van der Waals surface area contributed by atoms with Gasteiger partial charge in [0.1, 0.15) is 5.75 Å². The van der Waals surface area contributed by atoms with E-state index in [9.17, 15) is 5.11 Å². The summed E-state index contributed by atoms with van der Waals surface area (Å²) in [6.07, 6.45) is 1.06. The number of nitrogens with two attached hydrogens (primary N) is 1. The van der Waals surface area contributed by atoms with Crippen LogP contribution in [0.25, 0.3) is 0 Å². The summed E-state index contributed by atoms with van der Waals surface area (Å²) in [5.74, 6) is 0.705. The van der Waals surface area contributed by atoms with Gasteiger partial charge in [0, 0.05) is 6.04 Å². The molecule has 0 fully saturated rings. The molecule has 0 bridgehead atoms. The Kier molecular flexibility index (Phi) is 6.25. The van der Waals surface area contributed by atoms with Crippen LogP contribution in [0.1, 0.15) is 31.9 Å². The number of hydrogen-bond acceptors (Lipinski definition) is 2. The van der Waals surface area contributed by atoms with Crippen LogP contribution in [0.5, 0.6) is 5.75 Å². The number of hydrogen-bond donors (Lipinski definition) is 2. The summed E-state index contributed by atoms with van der Waals surface area (Å²) in [5.41, 5.74) is 7.12. The molecule has 3 N–H and O–H groups in total. The van der Waals surface area contributed by atoms with Crippen LogP contribution >= 0.6 is 28.3 Å². The highest BCUT2D eigenvalue weighted by atomic mass is 79.9. The van der Waals surface area contributed by atoms with Crippen molar-refractivity contribution in [1.29, 1.82) is 0 Å². The Hall–Kier alpha value is -0.250. The highest BCUT2D eigenvalue weighted by Crippen LogP contribution is 2.29. The van der Waals surface area contributed by atoms with Gasteiger partial charge < -0.3 is 10.8 Å². The maximum absolute atomic E-state index is 9.33. The first kappa shape index (κ1) is 14.8. The van der Waals surface area contributed by atoms with Crippen LogP contribution in [0.3, 0.4) is 0 Å². The number of phenolic OH excluding ortho intramolecular Hbond substituents is 1. The molecule has 0 radical (unpaired) electrons. The average molecular weight is 295 g/mol. The third-order valence-electron chi connectivity index (χ3n) is 2.61. The van der Waals surface area contributed by atoms with Gasteiger partial charge in [0.2, 0.25) is 0 Å². The number of benzene rings is 1. The molecule has 1 aromatic rings. The molecular weight excluding hydrogens is 277 g/mol. The molecule has 0 spiro atoms. The highest BCUT2D eigenvalue weighted by molar-refractivity contribution is 9.10. The van der Waals surface area contributed by atoms with Gasteiger partial charge in [0.05, 0.1) is 4.47 Å². The fourth-order valence-corrected chi connectivity index (χ4v) is 1.71. The van der Waals surface area contributed by atoms with Crippen LogP contribution in [0.4, 0.5) is 0 Å². The monoisotopic (exact) mass is 293 g/mol. The molecule has 0 saturated heterocycles. The van der Waals surface area contributed by atoms with E-state index in [4.69, 9.17) is 5.73 Å². The number of aromatic hydroxyl groups is 1. The molecule has 0 aliphatic heterocycles. The van der Waals surface area contributed by atoms with E-state index >= 15 is 0 Å². The minimum Gasteiger partial charge on any atom is -0.507 e. The molecule has 0 aliphatic carbocycles. The summed E-state index contributed by atoms with van der Waals surface area (Å²) in [4.78, 5) is 0. The molecule has 4 heteroatoms. The standard InChI is InChI=1S/C11H16BrNO.ClH/c1-3-7(2)11(13)8-4-5-10(14)9(12)6-8;/h4-7,11,14H,3,13H2,1-2H3;1H/t7?,11-;/m0./s1. The molecule has 0 heterocycles. The summed E-state index contributed by atoms with van der Waals surface area (Å²) in [7, 11) is 0. The molecule has 0 aliphatic rings. The van der Waals surface area contributed by atoms with Crippen LogP contribution < -0.4 is 5.73 Å². The van der Waals surface area contributed by atoms with Crippen molar-refractivity contribution in [2.75, 3.05) is 0 Å². The molecular formula is C11H17BrClNO. The smallest absolute Gasteiger partial charge is 0.129 e. The fourth-order valence-electron chi connectivity index (χ4n) is 1.31. The second-order valence-corrected chi connectivity index (χ2v) is 4.48. The summed E-state index contributed by atoms with van der Waals surface area (Å²) in [6.45, 7) is 4.26. The fraction of sp³-hybridized carbons (Fsp3) is 0.455. The van der Waals surface area contributed by atoms with Gasteiger partial charge in [-0.05, 0) is 39.5 Å². The van der Waals surface area contributed by atoms with Crippen molar-refractivity contribution in [1.82, 2.24) is 0 Å². The lowest BCUT2D eigenvalue weighted by atomic mass is 9.93. The van der Waals surface area contributed by atoms with Gasteiger partial charge in [-0.25, -0.2) is 0 Å². The Morgan fingerprint density at radius 1 is 1.47 bits per heavy atom. The Morgan fingerprint density at radius 2 is 2.07 bits per heavy atom. The maximum Gasteiger partial charge on any atom is 0.129 e. The van der Waals surface area contributed by atoms with Crippen molar-refractivity contribution >= 4 is 28.3 Å². The molecule has 86 valence electrons. The molecule has 0 saturated carbocycles. The van der Waals surface area contributed by atoms with E-state index in [0.717, 1.165) is 12.0 Å². The third kappa shape index (κ3) is 3.67. The van der Waals surface area contributed by atoms with Crippen LogP contribution in [-0.2, 0) is 0 Å². The van der Waals surface area contributed by atoms with Crippen molar-refractivity contribution in [3.8, 4) is 5.75 Å². The quantitative estimate of drug-likeness (QED) is 0.894. The lowest BCUT2D eigenvalue weighted by Gasteiger charge is -2.19. The minimum absolute atomic E-state index is 0. The average Bonchev–Trinajstić information content (AvgIpc) is 2.20. The zero-order valence-corrected chi connectivity index (χ0v) is 11.3. The molecule has 1 aromatic carbocycles. The normalized spacial score (nSPS) is 14.1. The summed E-state index contributed by atoms with van der Waals surface area (Å²) >= 11 is 3.28. The molecule has 0 amide bonds. The van der Waals surface area contributed by atoms with E-state index in [2.05, 4.69) is 29.8 Å². The maximum atomic E-state index is 9.33. The molecule has 0 aromatic heterocycles. The van der Waals surface area contributed by atoms with Gasteiger partial charge in [-0.1, -0.05) is 26.3 Å². The van der Waals surface area contributed by atoms with Gasteiger partial charge in [0.25, 0.3) is 0 Å². The predicted octanol–water partition coefficient (Wildman–Crippen LogP) is 3.62. The SMILES string of the molecule is CCC(C)[C@H](N)c1ccc(O)c(Br)c1.Cl. The van der Waals surface area contributed by atoms with Gasteiger partial charge in [0.15, 0.2) is 0 Å². The van der Waals surface area contributed by atoms with E-state index in [-0.39, 0.29) is 24.2 Å². The van der Waals surface area contributed by atoms with Gasteiger partial charge in [-0.3, -0.25) is 0 Å². The Labute approximate surface area is 105 Å². The molecule has 2 atom stereocenters. The number of halogens is 2. The first-order valence-corrected chi connectivity index (χ1v) is 5.59. The highest BCUT2D eigenvalue weighted by Gasteiger charge is 2.13. The van der Waals surface area contributed by atoms with Crippen molar-refractivity contribution in [2.45, 2.75) is 26.3 Å². The summed E-state index contributed by atoms with van der Waals surface area (Å²) in [6, 6.07) is 5.46. The second kappa shape index (κ2) is 6.36. The molecule has 15 heavy (non-hydrogen) atoms.